The maximum absolute atomic E-state index is 13.4. The van der Waals surface area contributed by atoms with E-state index >= 15 is 0 Å². The average molecular weight is 401 g/mol. The number of benzene rings is 3. The van der Waals surface area contributed by atoms with Crippen molar-refractivity contribution in [1.82, 2.24) is 0 Å². The summed E-state index contributed by atoms with van der Waals surface area (Å²) in [4.78, 5) is 28.0. The molecule has 30 heavy (non-hydrogen) atoms. The van der Waals surface area contributed by atoms with Crippen LogP contribution < -0.4 is 9.64 Å². The summed E-state index contributed by atoms with van der Waals surface area (Å²) in [5.74, 6) is -0.427. The number of amides is 1. The number of hydrogen-bond donors (Lipinski definition) is 1. The van der Waals surface area contributed by atoms with Gasteiger partial charge in [-0.2, -0.15) is 0 Å². The number of carbonyl (C=O) groups excluding carboxylic acids is 2. The van der Waals surface area contributed by atoms with E-state index in [1.54, 1.807) is 47.4 Å². The fourth-order valence-electron chi connectivity index (χ4n) is 3.91. The number of ether oxygens (including phenoxy) is 1. The molecule has 0 bridgehead atoms. The fourth-order valence-corrected chi connectivity index (χ4v) is 3.91. The number of fused-ring (bicyclic) bond motifs is 1. The van der Waals surface area contributed by atoms with Crippen LogP contribution in [-0.4, -0.2) is 23.9 Å². The third-order valence-electron chi connectivity index (χ3n) is 5.52. The zero-order chi connectivity index (χ0) is 21.3. The first-order valence-corrected chi connectivity index (χ1v) is 9.79. The van der Waals surface area contributed by atoms with E-state index in [0.717, 1.165) is 11.1 Å². The molecular weight excluding hydrogens is 378 g/mol. The topological polar surface area (TPSA) is 66.8 Å². The highest BCUT2D eigenvalue weighted by molar-refractivity contribution is 6.11. The van der Waals surface area contributed by atoms with Crippen molar-refractivity contribution >= 4 is 17.4 Å². The highest BCUT2D eigenvalue weighted by Gasteiger charge is 2.50. The molecule has 1 amide bonds. The first-order valence-electron chi connectivity index (χ1n) is 9.79. The summed E-state index contributed by atoms with van der Waals surface area (Å²) in [7, 11) is 1.49. The highest BCUT2D eigenvalue weighted by Crippen LogP contribution is 2.43. The number of anilines is 1. The van der Waals surface area contributed by atoms with Crippen molar-refractivity contribution in [2.75, 3.05) is 12.0 Å². The molecule has 1 aliphatic heterocycles. The van der Waals surface area contributed by atoms with Crippen LogP contribution in [0.15, 0.2) is 72.8 Å². The lowest BCUT2D eigenvalue weighted by molar-refractivity contribution is -0.136. The summed E-state index contributed by atoms with van der Waals surface area (Å²) in [5, 5.41) is 11.4. The average Bonchev–Trinajstić information content (AvgIpc) is 2.97. The van der Waals surface area contributed by atoms with Gasteiger partial charge in [0.1, 0.15) is 5.75 Å². The molecule has 152 valence electrons. The first kappa shape index (κ1) is 19.9. The molecule has 1 heterocycles. The van der Waals surface area contributed by atoms with Crippen molar-refractivity contribution in [2.45, 2.75) is 25.5 Å². The Balaban J connectivity index is 1.68. The van der Waals surface area contributed by atoms with Gasteiger partial charge in [-0.3, -0.25) is 9.59 Å². The van der Waals surface area contributed by atoms with Crippen molar-refractivity contribution < 1.29 is 19.4 Å². The molecule has 4 rings (SSSR count). The van der Waals surface area contributed by atoms with E-state index in [0.29, 0.717) is 29.1 Å². The van der Waals surface area contributed by atoms with Gasteiger partial charge in [0.25, 0.3) is 5.91 Å². The quantitative estimate of drug-likeness (QED) is 0.634. The molecule has 0 saturated carbocycles. The summed E-state index contributed by atoms with van der Waals surface area (Å²) >= 11 is 0. The Bertz CT molecular complexity index is 1110. The number of methoxy groups -OCH3 is 1. The molecular formula is C25H23NO4. The van der Waals surface area contributed by atoms with Gasteiger partial charge in [-0.15, -0.1) is 0 Å². The molecule has 3 aromatic rings. The second-order valence-electron chi connectivity index (χ2n) is 7.55. The minimum absolute atomic E-state index is 0.321. The number of aliphatic hydroxyl groups is 1. The Morgan fingerprint density at radius 1 is 1.00 bits per heavy atom. The maximum atomic E-state index is 13.4. The summed E-state index contributed by atoms with van der Waals surface area (Å²) in [6.07, 6.45) is -0.354. The van der Waals surface area contributed by atoms with E-state index in [1.807, 2.05) is 37.3 Å². The van der Waals surface area contributed by atoms with Crippen molar-refractivity contribution in [1.29, 1.82) is 0 Å². The van der Waals surface area contributed by atoms with Crippen molar-refractivity contribution in [3.8, 4) is 5.75 Å². The number of carbonyl (C=O) groups is 2. The largest absolute Gasteiger partial charge is 0.496 e. The molecule has 3 aromatic carbocycles. The second-order valence-corrected chi connectivity index (χ2v) is 7.55. The molecule has 5 heteroatoms. The van der Waals surface area contributed by atoms with E-state index in [9.17, 15) is 14.7 Å². The molecule has 0 aliphatic carbocycles. The van der Waals surface area contributed by atoms with E-state index < -0.39 is 11.5 Å². The standard InChI is InChI=1S/C25H23NO4/c1-17-11-13-18(14-12-17)16-26-21-9-5-4-8-20(21)25(29,24(26)28)15-22(27)19-7-3-6-10-23(19)30-2/h3-14,29H,15-16H2,1-2H3. The van der Waals surface area contributed by atoms with Crippen molar-refractivity contribution in [3.05, 3.63) is 95.1 Å². The van der Waals surface area contributed by atoms with Crippen molar-refractivity contribution in [3.63, 3.8) is 0 Å². The van der Waals surface area contributed by atoms with Gasteiger partial charge >= 0.3 is 0 Å². The Labute approximate surface area is 175 Å². The Morgan fingerprint density at radius 2 is 1.67 bits per heavy atom. The number of aryl methyl sites for hydroxylation is 1. The van der Waals surface area contributed by atoms with Crippen LogP contribution in [0.1, 0.15) is 33.5 Å². The zero-order valence-corrected chi connectivity index (χ0v) is 17.0. The predicted octanol–water partition coefficient (Wildman–Crippen LogP) is 4.01. The number of para-hydroxylation sites is 2. The summed E-state index contributed by atoms with van der Waals surface area (Å²) in [6.45, 7) is 2.32. The van der Waals surface area contributed by atoms with Gasteiger partial charge in [-0.05, 0) is 30.7 Å². The Kier molecular flexibility index (Phi) is 5.14. The number of rotatable bonds is 6. The van der Waals surface area contributed by atoms with E-state index in [4.69, 9.17) is 4.74 Å². The minimum atomic E-state index is -1.92. The SMILES string of the molecule is COc1ccccc1C(=O)CC1(O)C(=O)N(Cc2ccc(C)cc2)c2ccccc21. The van der Waals surface area contributed by atoms with E-state index in [1.165, 1.54) is 7.11 Å². The first-order chi connectivity index (χ1) is 14.4. The molecule has 0 spiro atoms. The highest BCUT2D eigenvalue weighted by atomic mass is 16.5. The van der Waals surface area contributed by atoms with Crippen LogP contribution in [0.3, 0.4) is 0 Å². The molecule has 1 unspecified atom stereocenters. The summed E-state index contributed by atoms with van der Waals surface area (Å²) < 4.78 is 5.27. The Morgan fingerprint density at radius 3 is 2.40 bits per heavy atom. The predicted molar refractivity (Wildman–Crippen MR) is 115 cm³/mol. The van der Waals surface area contributed by atoms with Crippen molar-refractivity contribution in [2.24, 2.45) is 0 Å². The summed E-state index contributed by atoms with van der Waals surface area (Å²) in [5.41, 5.74) is 1.58. The van der Waals surface area contributed by atoms with Crippen LogP contribution >= 0.6 is 0 Å². The van der Waals surface area contributed by atoms with Crippen LogP contribution in [0.4, 0.5) is 5.69 Å². The van der Waals surface area contributed by atoms with Crippen LogP contribution in [-0.2, 0) is 16.9 Å². The van der Waals surface area contributed by atoms with Crippen LogP contribution in [0, 0.1) is 6.92 Å². The molecule has 1 atom stereocenters. The smallest absolute Gasteiger partial charge is 0.264 e. The monoisotopic (exact) mass is 401 g/mol. The van der Waals surface area contributed by atoms with Gasteiger partial charge in [0.05, 0.1) is 31.3 Å². The number of hydrogen-bond acceptors (Lipinski definition) is 4. The Hall–Kier alpha value is -3.44. The van der Waals surface area contributed by atoms with Crippen LogP contribution in [0.25, 0.3) is 0 Å². The van der Waals surface area contributed by atoms with Gasteiger partial charge in [-0.25, -0.2) is 0 Å². The third-order valence-corrected chi connectivity index (χ3v) is 5.52. The number of ketones is 1. The van der Waals surface area contributed by atoms with Gasteiger partial charge in [0, 0.05) is 5.56 Å². The lowest BCUT2D eigenvalue weighted by Gasteiger charge is -2.23. The molecule has 0 radical (unpaired) electrons. The van der Waals surface area contributed by atoms with E-state index in [-0.39, 0.29) is 12.2 Å². The molecule has 1 N–H and O–H groups in total. The molecule has 0 fully saturated rings. The van der Waals surface area contributed by atoms with Gasteiger partial charge < -0.3 is 14.7 Å². The van der Waals surface area contributed by atoms with Gasteiger partial charge in [0.2, 0.25) is 0 Å². The lowest BCUT2D eigenvalue weighted by Crippen LogP contribution is -2.41. The minimum Gasteiger partial charge on any atom is -0.496 e. The normalized spacial score (nSPS) is 17.7. The number of nitrogens with zero attached hydrogens (tertiary/aromatic N) is 1. The molecule has 0 saturated heterocycles. The maximum Gasteiger partial charge on any atom is 0.264 e. The van der Waals surface area contributed by atoms with Crippen LogP contribution in [0.5, 0.6) is 5.75 Å². The second kappa shape index (κ2) is 7.76. The molecule has 5 nitrogen and oxygen atoms in total. The van der Waals surface area contributed by atoms with E-state index in [2.05, 4.69) is 0 Å². The summed E-state index contributed by atoms with van der Waals surface area (Å²) in [6, 6.07) is 21.8. The lowest BCUT2D eigenvalue weighted by atomic mass is 9.88. The van der Waals surface area contributed by atoms with Gasteiger partial charge in [0.15, 0.2) is 11.4 Å². The third kappa shape index (κ3) is 3.37. The molecule has 1 aliphatic rings. The number of Topliss-reactive ketones (excluding diaryl/α,β-unsaturated/α-hetero) is 1. The fraction of sp³-hybridized carbons (Fsp3) is 0.200. The van der Waals surface area contributed by atoms with Gasteiger partial charge in [-0.1, -0.05) is 60.2 Å². The zero-order valence-electron chi connectivity index (χ0n) is 17.0. The van der Waals surface area contributed by atoms with Crippen LogP contribution in [0.2, 0.25) is 0 Å². The molecule has 0 aromatic heterocycles.